The van der Waals surface area contributed by atoms with Crippen LogP contribution in [0.2, 0.25) is 0 Å². The van der Waals surface area contributed by atoms with Crippen LogP contribution >= 0.6 is 11.3 Å². The molecule has 0 spiro atoms. The van der Waals surface area contributed by atoms with Crippen LogP contribution in [0.1, 0.15) is 28.3 Å². The third-order valence-electron chi connectivity index (χ3n) is 3.66. The standard InChI is InChI=1S/C17H15FN2OS/c1-11(16-19-14-5-3-4-6-15(14)22-16)20(2)17(21)12-7-9-13(18)10-8-12/h3-11H,1-2H3/t11-/m1/s1. The van der Waals surface area contributed by atoms with Crippen LogP contribution in [0, 0.1) is 5.82 Å². The molecule has 0 saturated carbocycles. The van der Waals surface area contributed by atoms with Crippen molar-refractivity contribution in [1.82, 2.24) is 9.88 Å². The SMILES string of the molecule is C[C@H](c1nc2ccccc2s1)N(C)C(=O)c1ccc(F)cc1. The number of carbonyl (C=O) groups is 1. The Hall–Kier alpha value is -2.27. The highest BCUT2D eigenvalue weighted by molar-refractivity contribution is 7.18. The Morgan fingerprint density at radius 2 is 1.86 bits per heavy atom. The minimum absolute atomic E-state index is 0.144. The number of hydrogen-bond acceptors (Lipinski definition) is 3. The number of nitrogens with zero attached hydrogens (tertiary/aromatic N) is 2. The lowest BCUT2D eigenvalue weighted by Crippen LogP contribution is -2.29. The van der Waals surface area contributed by atoms with Gasteiger partial charge < -0.3 is 4.90 Å². The van der Waals surface area contributed by atoms with Gasteiger partial charge in [0, 0.05) is 12.6 Å². The number of rotatable bonds is 3. The summed E-state index contributed by atoms with van der Waals surface area (Å²) in [4.78, 5) is 18.7. The molecule has 0 aliphatic carbocycles. The normalized spacial score (nSPS) is 12.3. The predicted molar refractivity (Wildman–Crippen MR) is 86.5 cm³/mol. The molecule has 0 bridgehead atoms. The average Bonchev–Trinajstić information content (AvgIpc) is 2.97. The Bertz CT molecular complexity index is 780. The summed E-state index contributed by atoms with van der Waals surface area (Å²) in [5, 5.41) is 0.888. The molecule has 0 radical (unpaired) electrons. The first-order valence-electron chi connectivity index (χ1n) is 6.94. The Kier molecular flexibility index (Phi) is 3.90. The summed E-state index contributed by atoms with van der Waals surface area (Å²) in [7, 11) is 1.74. The molecule has 1 amide bonds. The van der Waals surface area contributed by atoms with Crippen molar-refractivity contribution in [3.05, 3.63) is 64.9 Å². The zero-order valence-corrected chi connectivity index (χ0v) is 13.1. The molecule has 1 atom stereocenters. The van der Waals surface area contributed by atoms with E-state index in [-0.39, 0.29) is 17.8 Å². The van der Waals surface area contributed by atoms with Crippen molar-refractivity contribution >= 4 is 27.5 Å². The maximum Gasteiger partial charge on any atom is 0.254 e. The minimum atomic E-state index is -0.349. The van der Waals surface area contributed by atoms with Crippen molar-refractivity contribution in [3.63, 3.8) is 0 Å². The Balaban J connectivity index is 1.85. The maximum absolute atomic E-state index is 13.0. The summed E-state index contributed by atoms with van der Waals surface area (Å²) < 4.78 is 14.1. The van der Waals surface area contributed by atoms with Crippen LogP contribution in [-0.4, -0.2) is 22.8 Å². The van der Waals surface area contributed by atoms with Crippen molar-refractivity contribution in [1.29, 1.82) is 0 Å². The van der Waals surface area contributed by atoms with Gasteiger partial charge in [-0.3, -0.25) is 4.79 Å². The second kappa shape index (κ2) is 5.85. The van der Waals surface area contributed by atoms with Gasteiger partial charge in [0.05, 0.1) is 16.3 Å². The van der Waals surface area contributed by atoms with Crippen molar-refractivity contribution in [3.8, 4) is 0 Å². The molecule has 3 aromatic rings. The molecule has 1 heterocycles. The van der Waals surface area contributed by atoms with E-state index >= 15 is 0 Å². The highest BCUT2D eigenvalue weighted by Crippen LogP contribution is 2.29. The van der Waals surface area contributed by atoms with E-state index in [0.29, 0.717) is 5.56 Å². The van der Waals surface area contributed by atoms with Gasteiger partial charge >= 0.3 is 0 Å². The summed E-state index contributed by atoms with van der Waals surface area (Å²) >= 11 is 1.58. The van der Waals surface area contributed by atoms with E-state index in [1.807, 2.05) is 31.2 Å². The third kappa shape index (κ3) is 2.72. The second-order valence-electron chi connectivity index (χ2n) is 5.12. The molecule has 0 N–H and O–H groups in total. The largest absolute Gasteiger partial charge is 0.333 e. The fraction of sp³-hybridized carbons (Fsp3) is 0.176. The topological polar surface area (TPSA) is 33.2 Å². The van der Waals surface area contributed by atoms with Crippen LogP contribution in [-0.2, 0) is 0 Å². The third-order valence-corrected chi connectivity index (χ3v) is 4.87. The average molecular weight is 314 g/mol. The van der Waals surface area contributed by atoms with Crippen molar-refractivity contribution in [2.75, 3.05) is 7.05 Å². The molecule has 0 aliphatic rings. The molecule has 5 heteroatoms. The molecule has 0 saturated heterocycles. The molecule has 2 aromatic carbocycles. The number of thiazole rings is 1. The van der Waals surface area contributed by atoms with E-state index in [1.165, 1.54) is 24.3 Å². The summed E-state index contributed by atoms with van der Waals surface area (Å²) in [5.41, 5.74) is 1.41. The Morgan fingerprint density at radius 3 is 2.55 bits per heavy atom. The fourth-order valence-electron chi connectivity index (χ4n) is 2.21. The molecule has 3 nitrogen and oxygen atoms in total. The van der Waals surface area contributed by atoms with Crippen molar-refractivity contribution in [2.24, 2.45) is 0 Å². The summed E-state index contributed by atoms with van der Waals surface area (Å²) in [6, 6.07) is 13.3. The van der Waals surface area contributed by atoms with Crippen LogP contribution in [0.25, 0.3) is 10.2 Å². The summed E-state index contributed by atoms with van der Waals surface area (Å²) in [6.07, 6.45) is 0. The molecule has 3 rings (SSSR count). The lowest BCUT2D eigenvalue weighted by atomic mass is 10.2. The van der Waals surface area contributed by atoms with Gasteiger partial charge in [0.25, 0.3) is 5.91 Å². The number of aromatic nitrogens is 1. The molecule has 0 unspecified atom stereocenters. The molecule has 22 heavy (non-hydrogen) atoms. The first-order chi connectivity index (χ1) is 10.6. The molecule has 1 aromatic heterocycles. The molecular formula is C17H15FN2OS. The second-order valence-corrected chi connectivity index (χ2v) is 6.18. The zero-order chi connectivity index (χ0) is 15.7. The monoisotopic (exact) mass is 314 g/mol. The smallest absolute Gasteiger partial charge is 0.254 e. The number of benzene rings is 2. The first-order valence-corrected chi connectivity index (χ1v) is 7.76. The number of fused-ring (bicyclic) bond motifs is 1. The molecular weight excluding hydrogens is 299 g/mol. The zero-order valence-electron chi connectivity index (χ0n) is 12.3. The highest BCUT2D eigenvalue weighted by Gasteiger charge is 2.21. The number of carbonyl (C=O) groups excluding carboxylic acids is 1. The summed E-state index contributed by atoms with van der Waals surface area (Å²) in [6.45, 7) is 1.94. The number of para-hydroxylation sites is 1. The van der Waals surface area contributed by atoms with Gasteiger partial charge in [-0.1, -0.05) is 12.1 Å². The van der Waals surface area contributed by atoms with Crippen LogP contribution < -0.4 is 0 Å². The van der Waals surface area contributed by atoms with E-state index in [4.69, 9.17) is 0 Å². The number of hydrogen-bond donors (Lipinski definition) is 0. The molecule has 0 fully saturated rings. The molecule has 112 valence electrons. The number of halogens is 1. The van der Waals surface area contributed by atoms with Gasteiger partial charge in [-0.2, -0.15) is 0 Å². The molecule has 0 aliphatic heterocycles. The van der Waals surface area contributed by atoms with Crippen LogP contribution in [0.3, 0.4) is 0 Å². The first kappa shape index (κ1) is 14.7. The Morgan fingerprint density at radius 1 is 1.18 bits per heavy atom. The maximum atomic E-state index is 13.0. The minimum Gasteiger partial charge on any atom is -0.333 e. The summed E-state index contributed by atoms with van der Waals surface area (Å²) in [5.74, 6) is -0.495. The van der Waals surface area contributed by atoms with E-state index < -0.39 is 0 Å². The van der Waals surface area contributed by atoms with Crippen LogP contribution in [0.5, 0.6) is 0 Å². The lowest BCUT2D eigenvalue weighted by molar-refractivity contribution is 0.0742. The van der Waals surface area contributed by atoms with Gasteiger partial charge in [-0.15, -0.1) is 11.3 Å². The number of amides is 1. The van der Waals surface area contributed by atoms with Gasteiger partial charge in [0.1, 0.15) is 10.8 Å². The van der Waals surface area contributed by atoms with Crippen LogP contribution in [0.4, 0.5) is 4.39 Å². The highest BCUT2D eigenvalue weighted by atomic mass is 32.1. The van der Waals surface area contributed by atoms with Crippen molar-refractivity contribution < 1.29 is 9.18 Å². The van der Waals surface area contributed by atoms with Crippen molar-refractivity contribution in [2.45, 2.75) is 13.0 Å². The lowest BCUT2D eigenvalue weighted by Gasteiger charge is -2.23. The van der Waals surface area contributed by atoms with Crippen LogP contribution in [0.15, 0.2) is 48.5 Å². The fourth-order valence-corrected chi connectivity index (χ4v) is 3.27. The van der Waals surface area contributed by atoms with E-state index in [9.17, 15) is 9.18 Å². The van der Waals surface area contributed by atoms with Gasteiger partial charge in [0.2, 0.25) is 0 Å². The van der Waals surface area contributed by atoms with E-state index in [0.717, 1.165) is 15.2 Å². The Labute approximate surface area is 132 Å². The van der Waals surface area contributed by atoms with Gasteiger partial charge in [0.15, 0.2) is 0 Å². The van der Waals surface area contributed by atoms with E-state index in [2.05, 4.69) is 4.98 Å². The van der Waals surface area contributed by atoms with Gasteiger partial charge in [-0.05, 0) is 43.3 Å². The van der Waals surface area contributed by atoms with E-state index in [1.54, 1.807) is 23.3 Å². The van der Waals surface area contributed by atoms with Gasteiger partial charge in [-0.25, -0.2) is 9.37 Å². The quantitative estimate of drug-likeness (QED) is 0.723. The predicted octanol–water partition coefficient (Wildman–Crippen LogP) is 4.27.